The molecule has 1 aliphatic heterocycles. The monoisotopic (exact) mass is 387 g/mol. The van der Waals surface area contributed by atoms with Crippen molar-refractivity contribution in [3.63, 3.8) is 0 Å². The summed E-state index contributed by atoms with van der Waals surface area (Å²) in [6.45, 7) is -1.94. The first-order valence-electron chi connectivity index (χ1n) is 8.40. The van der Waals surface area contributed by atoms with E-state index in [1.165, 1.54) is 12.1 Å². The molecule has 0 spiro atoms. The number of amides is 1. The number of aromatic amines is 1. The van der Waals surface area contributed by atoms with Crippen LogP contribution in [0.5, 0.6) is 17.2 Å². The van der Waals surface area contributed by atoms with Gasteiger partial charge < -0.3 is 19.5 Å². The molecule has 0 radical (unpaired) electrons. The van der Waals surface area contributed by atoms with E-state index < -0.39 is 6.61 Å². The lowest BCUT2D eigenvalue weighted by Gasteiger charge is -2.18. The number of anilines is 1. The summed E-state index contributed by atoms with van der Waals surface area (Å²) in [5.74, 6) is 0.867. The highest BCUT2D eigenvalue weighted by molar-refractivity contribution is 6.03. The highest BCUT2D eigenvalue weighted by Crippen LogP contribution is 2.32. The van der Waals surface area contributed by atoms with E-state index in [0.29, 0.717) is 41.7 Å². The first-order valence-corrected chi connectivity index (χ1v) is 8.40. The van der Waals surface area contributed by atoms with Gasteiger partial charge in [0.15, 0.2) is 11.5 Å². The molecule has 28 heavy (non-hydrogen) atoms. The van der Waals surface area contributed by atoms with Gasteiger partial charge in [0.25, 0.3) is 5.91 Å². The summed E-state index contributed by atoms with van der Waals surface area (Å²) < 4.78 is 39.7. The molecule has 2 heterocycles. The molecule has 0 unspecified atom stereocenters. The Morgan fingerprint density at radius 3 is 2.57 bits per heavy atom. The smallest absolute Gasteiger partial charge is 0.387 e. The van der Waals surface area contributed by atoms with Crippen LogP contribution in [-0.2, 0) is 0 Å². The molecule has 3 aromatic rings. The molecule has 2 aromatic carbocycles. The predicted molar refractivity (Wildman–Crippen MR) is 96.0 cm³/mol. The van der Waals surface area contributed by atoms with Gasteiger partial charge in [-0.25, -0.2) is 0 Å². The van der Waals surface area contributed by atoms with E-state index in [9.17, 15) is 13.6 Å². The number of hydrogen-bond acceptors (Lipinski definition) is 5. The number of benzene rings is 2. The maximum Gasteiger partial charge on any atom is 0.387 e. The maximum absolute atomic E-state index is 12.4. The number of ether oxygens (including phenoxy) is 3. The number of carbonyl (C=O) groups excluding carboxylic acids is 1. The minimum absolute atomic E-state index is 0.0471. The van der Waals surface area contributed by atoms with Crippen molar-refractivity contribution in [2.75, 3.05) is 18.5 Å². The molecule has 0 atom stereocenters. The van der Waals surface area contributed by atoms with E-state index in [2.05, 4.69) is 20.3 Å². The van der Waals surface area contributed by atoms with E-state index >= 15 is 0 Å². The standard InChI is InChI=1S/C19H15F2N3O4/c20-19(21)28-13-4-1-11(2-5-13)14-10-15(24-23-14)18(25)22-12-3-6-16-17(9-12)27-8-7-26-16/h1-6,9-10,19H,7-8H2,(H,22,25)(H,23,24). The average Bonchev–Trinajstić information content (AvgIpc) is 3.18. The molecule has 9 heteroatoms. The second-order valence-electron chi connectivity index (χ2n) is 5.88. The van der Waals surface area contributed by atoms with Gasteiger partial charge in [0, 0.05) is 17.3 Å². The van der Waals surface area contributed by atoms with Crippen LogP contribution in [0.1, 0.15) is 10.5 Å². The number of aromatic nitrogens is 2. The van der Waals surface area contributed by atoms with Crippen molar-refractivity contribution in [2.45, 2.75) is 6.61 Å². The Hall–Kier alpha value is -3.62. The molecular weight excluding hydrogens is 372 g/mol. The third kappa shape index (κ3) is 3.88. The van der Waals surface area contributed by atoms with Crippen LogP contribution in [0.4, 0.5) is 14.5 Å². The van der Waals surface area contributed by atoms with Crippen LogP contribution < -0.4 is 19.5 Å². The fraction of sp³-hybridized carbons (Fsp3) is 0.158. The Labute approximate surface area is 158 Å². The lowest BCUT2D eigenvalue weighted by Crippen LogP contribution is -2.16. The van der Waals surface area contributed by atoms with Crippen molar-refractivity contribution in [1.82, 2.24) is 10.2 Å². The second-order valence-corrected chi connectivity index (χ2v) is 5.88. The number of nitrogens with zero attached hydrogens (tertiary/aromatic N) is 1. The number of hydrogen-bond donors (Lipinski definition) is 2. The van der Waals surface area contributed by atoms with Crippen LogP contribution in [-0.4, -0.2) is 35.9 Å². The van der Waals surface area contributed by atoms with Gasteiger partial charge >= 0.3 is 6.61 Å². The fourth-order valence-electron chi connectivity index (χ4n) is 2.71. The van der Waals surface area contributed by atoms with Crippen LogP contribution >= 0.6 is 0 Å². The van der Waals surface area contributed by atoms with Gasteiger partial charge in [-0.05, 0) is 42.5 Å². The van der Waals surface area contributed by atoms with E-state index in [-0.39, 0.29) is 17.4 Å². The zero-order chi connectivity index (χ0) is 19.5. The molecule has 7 nitrogen and oxygen atoms in total. The number of alkyl halides is 2. The van der Waals surface area contributed by atoms with Crippen LogP contribution in [0, 0.1) is 0 Å². The zero-order valence-electron chi connectivity index (χ0n) is 14.4. The van der Waals surface area contributed by atoms with Gasteiger partial charge in [0.05, 0.1) is 5.69 Å². The van der Waals surface area contributed by atoms with E-state index in [1.807, 2.05) is 0 Å². The topological polar surface area (TPSA) is 85.5 Å². The van der Waals surface area contributed by atoms with Crippen LogP contribution in [0.25, 0.3) is 11.3 Å². The van der Waals surface area contributed by atoms with Gasteiger partial charge in [0.2, 0.25) is 0 Å². The van der Waals surface area contributed by atoms with Gasteiger partial charge in [0.1, 0.15) is 24.7 Å². The molecule has 1 aromatic heterocycles. The summed E-state index contributed by atoms with van der Waals surface area (Å²) in [6.07, 6.45) is 0. The Bertz CT molecular complexity index is 989. The molecule has 2 N–H and O–H groups in total. The minimum atomic E-state index is -2.88. The molecule has 144 valence electrons. The number of rotatable bonds is 5. The fourth-order valence-corrected chi connectivity index (χ4v) is 2.71. The molecule has 0 fully saturated rings. The van der Waals surface area contributed by atoms with Crippen LogP contribution in [0.2, 0.25) is 0 Å². The highest BCUT2D eigenvalue weighted by atomic mass is 19.3. The summed E-state index contributed by atoms with van der Waals surface area (Å²) in [7, 11) is 0. The third-order valence-corrected chi connectivity index (χ3v) is 4.00. The van der Waals surface area contributed by atoms with E-state index in [4.69, 9.17) is 9.47 Å². The second kappa shape index (κ2) is 7.55. The predicted octanol–water partition coefficient (Wildman–Crippen LogP) is 3.70. The SMILES string of the molecule is O=C(Nc1ccc2c(c1)OCCO2)c1cc(-c2ccc(OC(F)F)cc2)n[nH]1. The van der Waals surface area contributed by atoms with E-state index in [0.717, 1.165) is 0 Å². The zero-order valence-corrected chi connectivity index (χ0v) is 14.4. The Morgan fingerprint density at radius 1 is 1.07 bits per heavy atom. The van der Waals surface area contributed by atoms with Crippen LogP contribution in [0.15, 0.2) is 48.5 Å². The lowest BCUT2D eigenvalue weighted by atomic mass is 10.1. The van der Waals surface area contributed by atoms with Crippen molar-refractivity contribution in [3.8, 4) is 28.5 Å². The summed E-state index contributed by atoms with van der Waals surface area (Å²) in [5, 5.41) is 9.51. The van der Waals surface area contributed by atoms with E-state index in [1.54, 1.807) is 36.4 Å². The van der Waals surface area contributed by atoms with Crippen molar-refractivity contribution in [2.24, 2.45) is 0 Å². The average molecular weight is 387 g/mol. The molecule has 0 aliphatic carbocycles. The van der Waals surface area contributed by atoms with Gasteiger partial charge in [-0.3, -0.25) is 9.89 Å². The summed E-state index contributed by atoms with van der Waals surface area (Å²) in [4.78, 5) is 12.4. The molecular formula is C19H15F2N3O4. The van der Waals surface area contributed by atoms with Crippen LogP contribution in [0.3, 0.4) is 0 Å². The normalized spacial score (nSPS) is 12.7. The summed E-state index contributed by atoms with van der Waals surface area (Å²) in [6, 6.07) is 12.7. The third-order valence-electron chi connectivity index (χ3n) is 4.00. The van der Waals surface area contributed by atoms with Crippen molar-refractivity contribution >= 4 is 11.6 Å². The van der Waals surface area contributed by atoms with Gasteiger partial charge in [-0.2, -0.15) is 13.9 Å². The largest absolute Gasteiger partial charge is 0.486 e. The minimum Gasteiger partial charge on any atom is -0.486 e. The Morgan fingerprint density at radius 2 is 1.82 bits per heavy atom. The van der Waals surface area contributed by atoms with Crippen molar-refractivity contribution < 1.29 is 27.8 Å². The molecule has 0 saturated heterocycles. The van der Waals surface area contributed by atoms with Gasteiger partial charge in [-0.15, -0.1) is 0 Å². The number of nitrogens with one attached hydrogen (secondary N) is 2. The first kappa shape index (κ1) is 17.8. The molecule has 0 bridgehead atoms. The van der Waals surface area contributed by atoms with Crippen molar-refractivity contribution in [1.29, 1.82) is 0 Å². The molecule has 1 amide bonds. The molecule has 0 saturated carbocycles. The molecule has 4 rings (SSSR count). The maximum atomic E-state index is 12.4. The highest BCUT2D eigenvalue weighted by Gasteiger charge is 2.15. The summed E-state index contributed by atoms with van der Waals surface area (Å²) >= 11 is 0. The number of fused-ring (bicyclic) bond motifs is 1. The number of H-pyrrole nitrogens is 1. The number of carbonyl (C=O) groups is 1. The van der Waals surface area contributed by atoms with Crippen molar-refractivity contribution in [3.05, 3.63) is 54.2 Å². The quantitative estimate of drug-likeness (QED) is 0.697. The number of halogens is 2. The first-order chi connectivity index (χ1) is 13.6. The lowest BCUT2D eigenvalue weighted by molar-refractivity contribution is -0.0498. The van der Waals surface area contributed by atoms with Gasteiger partial charge in [-0.1, -0.05) is 0 Å². The Balaban J connectivity index is 1.45. The Kier molecular flexibility index (Phi) is 4.79. The molecule has 1 aliphatic rings. The summed E-state index contributed by atoms with van der Waals surface area (Å²) in [5.41, 5.74) is 1.95.